The van der Waals surface area contributed by atoms with Crippen LogP contribution < -0.4 is 0 Å². The fourth-order valence-corrected chi connectivity index (χ4v) is 1.55. The molecular formula is C13H13NO. The largest absolute Gasteiger partial charge is 0.390 e. The Bertz CT molecular complexity index is 497. The maximum absolute atomic E-state index is 8.94. The summed E-state index contributed by atoms with van der Waals surface area (Å²) in [6, 6.07) is 14.1. The van der Waals surface area contributed by atoms with Gasteiger partial charge < -0.3 is 5.11 Å². The average Bonchev–Trinajstić information content (AvgIpc) is 2.29. The van der Waals surface area contributed by atoms with Crippen LogP contribution in [0.5, 0.6) is 0 Å². The number of hydrogen-bond donors (Lipinski definition) is 1. The van der Waals surface area contributed by atoms with Gasteiger partial charge in [0.15, 0.2) is 0 Å². The third-order valence-electron chi connectivity index (χ3n) is 2.31. The van der Waals surface area contributed by atoms with E-state index in [0.29, 0.717) is 0 Å². The van der Waals surface area contributed by atoms with Gasteiger partial charge in [-0.2, -0.15) is 0 Å². The Balaban J connectivity index is 2.61. The average molecular weight is 199 g/mol. The van der Waals surface area contributed by atoms with Crippen LogP contribution in [0.25, 0.3) is 10.8 Å². The third-order valence-corrected chi connectivity index (χ3v) is 2.31. The maximum atomic E-state index is 8.94. The predicted molar refractivity (Wildman–Crippen MR) is 63.8 cm³/mol. The molecule has 0 radical (unpaired) electrons. The van der Waals surface area contributed by atoms with Crippen molar-refractivity contribution in [2.24, 2.45) is 4.99 Å². The lowest BCUT2D eigenvalue weighted by Crippen LogP contribution is -1.96. The van der Waals surface area contributed by atoms with Gasteiger partial charge in [-0.05, 0) is 18.4 Å². The second kappa shape index (κ2) is 4.24. The first-order valence-electron chi connectivity index (χ1n) is 4.94. The van der Waals surface area contributed by atoms with Crippen molar-refractivity contribution in [3.8, 4) is 0 Å². The molecule has 76 valence electrons. The number of nitrogens with zero attached hydrogens (tertiary/aromatic N) is 1. The molecule has 2 aromatic rings. The highest BCUT2D eigenvalue weighted by atomic mass is 16.3. The molecule has 0 unspecified atom stereocenters. The highest BCUT2D eigenvalue weighted by Gasteiger charge is 1.98. The minimum absolute atomic E-state index is 0.00320. The van der Waals surface area contributed by atoms with Crippen LogP contribution >= 0.6 is 0 Å². The Hall–Kier alpha value is -1.67. The summed E-state index contributed by atoms with van der Waals surface area (Å²) in [6.45, 7) is 1.82. The quantitative estimate of drug-likeness (QED) is 0.741. The molecule has 0 fully saturated rings. The molecule has 0 atom stereocenters. The zero-order valence-corrected chi connectivity index (χ0v) is 8.64. The van der Waals surface area contributed by atoms with Gasteiger partial charge in [0.05, 0.1) is 12.3 Å². The smallest absolute Gasteiger partial charge is 0.0811 e. The summed E-state index contributed by atoms with van der Waals surface area (Å²) < 4.78 is 0. The number of hydrogen-bond acceptors (Lipinski definition) is 2. The van der Waals surface area contributed by atoms with Crippen molar-refractivity contribution < 1.29 is 5.11 Å². The molecule has 0 aliphatic rings. The van der Waals surface area contributed by atoms with E-state index >= 15 is 0 Å². The molecule has 0 aliphatic carbocycles. The monoisotopic (exact) mass is 199 g/mol. The van der Waals surface area contributed by atoms with Gasteiger partial charge >= 0.3 is 0 Å². The minimum atomic E-state index is 0.00320. The summed E-state index contributed by atoms with van der Waals surface area (Å²) >= 11 is 0. The molecule has 0 aromatic heterocycles. The molecule has 15 heavy (non-hydrogen) atoms. The molecule has 2 nitrogen and oxygen atoms in total. The highest BCUT2D eigenvalue weighted by Crippen LogP contribution is 2.25. The van der Waals surface area contributed by atoms with Crippen LogP contribution in [0.4, 0.5) is 5.69 Å². The van der Waals surface area contributed by atoms with Crippen LogP contribution in [0.3, 0.4) is 0 Å². The fraction of sp³-hybridized carbons (Fsp3) is 0.154. The molecular weight excluding hydrogens is 186 g/mol. The van der Waals surface area contributed by atoms with Crippen LogP contribution in [-0.2, 0) is 0 Å². The highest BCUT2D eigenvalue weighted by molar-refractivity contribution is 5.96. The van der Waals surface area contributed by atoms with Crippen LogP contribution in [0.15, 0.2) is 47.5 Å². The normalized spacial score (nSPS) is 12.0. The third kappa shape index (κ3) is 2.05. The topological polar surface area (TPSA) is 32.6 Å². The van der Waals surface area contributed by atoms with E-state index in [1.807, 2.05) is 37.3 Å². The Labute approximate surface area is 88.9 Å². The number of aliphatic hydroxyl groups is 1. The van der Waals surface area contributed by atoms with Crippen LogP contribution in [0.2, 0.25) is 0 Å². The second-order valence-electron chi connectivity index (χ2n) is 3.50. The summed E-state index contributed by atoms with van der Waals surface area (Å²) in [5.74, 6) is 0. The van der Waals surface area contributed by atoms with Crippen LogP contribution in [-0.4, -0.2) is 17.4 Å². The second-order valence-corrected chi connectivity index (χ2v) is 3.50. The van der Waals surface area contributed by atoms with Gasteiger partial charge in [0.2, 0.25) is 0 Å². The van der Waals surface area contributed by atoms with E-state index in [-0.39, 0.29) is 6.61 Å². The Morgan fingerprint density at radius 1 is 1.13 bits per heavy atom. The lowest BCUT2D eigenvalue weighted by atomic mass is 10.1. The molecule has 0 heterocycles. The molecule has 2 rings (SSSR count). The Morgan fingerprint density at radius 3 is 2.67 bits per heavy atom. The molecule has 0 saturated heterocycles. The number of benzene rings is 2. The molecule has 0 spiro atoms. The molecule has 1 N–H and O–H groups in total. The summed E-state index contributed by atoms with van der Waals surface area (Å²) in [6.07, 6.45) is 0. The molecule has 2 aromatic carbocycles. The van der Waals surface area contributed by atoms with Crippen LogP contribution in [0, 0.1) is 0 Å². The number of aliphatic imine (C=N–C) groups is 1. The van der Waals surface area contributed by atoms with E-state index < -0.39 is 0 Å². The molecule has 0 aliphatic heterocycles. The van der Waals surface area contributed by atoms with Gasteiger partial charge in [-0.1, -0.05) is 36.4 Å². The van der Waals surface area contributed by atoms with Gasteiger partial charge in [0, 0.05) is 11.1 Å². The van der Waals surface area contributed by atoms with Crippen molar-refractivity contribution in [2.45, 2.75) is 6.92 Å². The van der Waals surface area contributed by atoms with Crippen molar-refractivity contribution in [1.82, 2.24) is 0 Å². The first-order valence-corrected chi connectivity index (χ1v) is 4.94. The van der Waals surface area contributed by atoms with E-state index in [9.17, 15) is 0 Å². The van der Waals surface area contributed by atoms with Crippen LogP contribution in [0.1, 0.15) is 6.92 Å². The molecule has 0 saturated carbocycles. The Kier molecular flexibility index (Phi) is 2.79. The molecule has 0 amide bonds. The SMILES string of the molecule is CC(CO)=Nc1cccc2ccccc12. The van der Waals surface area contributed by atoms with E-state index in [1.165, 1.54) is 5.39 Å². The standard InChI is InChI=1S/C13H13NO/c1-10(9-15)14-13-8-4-6-11-5-2-3-7-12(11)13/h2-8,15H,9H2,1H3. The van der Waals surface area contributed by atoms with E-state index in [0.717, 1.165) is 16.8 Å². The van der Waals surface area contributed by atoms with Gasteiger partial charge in [-0.15, -0.1) is 0 Å². The van der Waals surface area contributed by atoms with E-state index in [1.54, 1.807) is 0 Å². The van der Waals surface area contributed by atoms with Crippen molar-refractivity contribution in [1.29, 1.82) is 0 Å². The first-order chi connectivity index (χ1) is 7.31. The van der Waals surface area contributed by atoms with Crippen molar-refractivity contribution >= 4 is 22.2 Å². The summed E-state index contributed by atoms with van der Waals surface area (Å²) in [5.41, 5.74) is 1.64. The van der Waals surface area contributed by atoms with E-state index in [2.05, 4.69) is 17.1 Å². The summed E-state index contributed by atoms with van der Waals surface area (Å²) in [7, 11) is 0. The number of fused-ring (bicyclic) bond motifs is 1. The summed E-state index contributed by atoms with van der Waals surface area (Å²) in [4.78, 5) is 4.37. The van der Waals surface area contributed by atoms with Crippen molar-refractivity contribution in [3.05, 3.63) is 42.5 Å². The molecule has 0 bridgehead atoms. The van der Waals surface area contributed by atoms with Crippen molar-refractivity contribution in [3.63, 3.8) is 0 Å². The first kappa shape index (κ1) is 9.87. The van der Waals surface area contributed by atoms with E-state index in [4.69, 9.17) is 5.11 Å². The number of rotatable bonds is 2. The Morgan fingerprint density at radius 2 is 1.87 bits per heavy atom. The number of aliphatic hydroxyl groups excluding tert-OH is 1. The maximum Gasteiger partial charge on any atom is 0.0811 e. The zero-order chi connectivity index (χ0) is 10.7. The minimum Gasteiger partial charge on any atom is -0.390 e. The zero-order valence-electron chi connectivity index (χ0n) is 8.64. The fourth-order valence-electron chi connectivity index (χ4n) is 1.55. The van der Waals surface area contributed by atoms with Gasteiger partial charge in [-0.25, -0.2) is 0 Å². The predicted octanol–water partition coefficient (Wildman–Crippen LogP) is 2.92. The van der Waals surface area contributed by atoms with Gasteiger partial charge in [0.25, 0.3) is 0 Å². The lowest BCUT2D eigenvalue weighted by Gasteiger charge is -2.02. The summed E-state index contributed by atoms with van der Waals surface area (Å²) in [5, 5.41) is 11.2. The molecule has 2 heteroatoms. The van der Waals surface area contributed by atoms with Gasteiger partial charge in [-0.3, -0.25) is 4.99 Å². The van der Waals surface area contributed by atoms with Gasteiger partial charge in [0.1, 0.15) is 0 Å². The lowest BCUT2D eigenvalue weighted by molar-refractivity contribution is 0.357. The van der Waals surface area contributed by atoms with Crippen molar-refractivity contribution in [2.75, 3.05) is 6.61 Å².